The summed E-state index contributed by atoms with van der Waals surface area (Å²) in [5, 5.41) is 15.4. The van der Waals surface area contributed by atoms with E-state index in [0.29, 0.717) is 35.7 Å². The van der Waals surface area contributed by atoms with Crippen LogP contribution in [0.3, 0.4) is 0 Å². The van der Waals surface area contributed by atoms with E-state index in [1.54, 1.807) is 12.4 Å². The average Bonchev–Trinajstić information content (AvgIpc) is 3.39. The Morgan fingerprint density at radius 2 is 2.02 bits per heavy atom. The number of ether oxygens (including phenoxy) is 2. The molecule has 0 spiro atoms. The fourth-order valence-corrected chi connectivity index (χ4v) is 5.62. The van der Waals surface area contributed by atoms with E-state index in [0.717, 1.165) is 68.6 Å². The first kappa shape index (κ1) is 26.6. The van der Waals surface area contributed by atoms with Gasteiger partial charge in [-0.3, -0.25) is 14.9 Å². The van der Waals surface area contributed by atoms with Gasteiger partial charge in [-0.2, -0.15) is 5.10 Å². The minimum atomic E-state index is -0.361. The molecule has 40 heavy (non-hydrogen) atoms. The Kier molecular flexibility index (Phi) is 8.17. The van der Waals surface area contributed by atoms with Crippen molar-refractivity contribution in [3.63, 3.8) is 0 Å². The Balaban J connectivity index is 1.21. The lowest BCUT2D eigenvalue weighted by molar-refractivity contribution is 0.0472. The lowest BCUT2D eigenvalue weighted by atomic mass is 9.88. The van der Waals surface area contributed by atoms with Crippen molar-refractivity contribution in [1.82, 2.24) is 20.1 Å². The number of aromatic amines is 1. The van der Waals surface area contributed by atoms with E-state index in [4.69, 9.17) is 14.5 Å². The number of nitrogens with one attached hydrogen (secondary N) is 3. The van der Waals surface area contributed by atoms with Crippen LogP contribution in [0.5, 0.6) is 0 Å². The van der Waals surface area contributed by atoms with Crippen LogP contribution < -0.4 is 21.3 Å². The number of fused-ring (bicyclic) bond motifs is 1. The van der Waals surface area contributed by atoms with Crippen LogP contribution in [0.15, 0.2) is 47.7 Å². The molecule has 10 heteroatoms. The van der Waals surface area contributed by atoms with Crippen LogP contribution >= 0.6 is 0 Å². The van der Waals surface area contributed by atoms with Gasteiger partial charge in [-0.25, -0.2) is 4.99 Å². The van der Waals surface area contributed by atoms with Crippen molar-refractivity contribution in [2.24, 2.45) is 4.99 Å². The number of pyridine rings is 1. The third kappa shape index (κ3) is 6.24. The highest BCUT2D eigenvalue weighted by Gasteiger charge is 2.24. The maximum Gasteiger partial charge on any atom is 0.259 e. The summed E-state index contributed by atoms with van der Waals surface area (Å²) < 4.78 is 11.6. The van der Waals surface area contributed by atoms with Crippen molar-refractivity contribution in [1.29, 1.82) is 0 Å². The second kappa shape index (κ2) is 12.3. The Morgan fingerprint density at radius 3 is 2.83 bits per heavy atom. The van der Waals surface area contributed by atoms with Gasteiger partial charge >= 0.3 is 0 Å². The summed E-state index contributed by atoms with van der Waals surface area (Å²) in [4.78, 5) is 24.9. The second-order valence-corrected chi connectivity index (χ2v) is 10.9. The molecule has 0 saturated carbocycles. The number of aromatic nitrogens is 3. The number of anilines is 2. The van der Waals surface area contributed by atoms with E-state index in [1.807, 2.05) is 24.3 Å². The topological polar surface area (TPSA) is 117 Å². The van der Waals surface area contributed by atoms with Gasteiger partial charge in [0.05, 0.1) is 17.5 Å². The summed E-state index contributed by atoms with van der Waals surface area (Å²) in [7, 11) is 2.18. The molecule has 1 aromatic carbocycles. The summed E-state index contributed by atoms with van der Waals surface area (Å²) in [5.74, 6) is 0.689. The normalized spacial score (nSPS) is 20.3. The third-order valence-electron chi connectivity index (χ3n) is 8.02. The highest BCUT2D eigenvalue weighted by Crippen LogP contribution is 2.31. The maximum atomic E-state index is 13.7. The number of carbonyl (C=O) groups excluding carboxylic acids is 1. The molecule has 0 aliphatic carbocycles. The molecule has 2 aromatic heterocycles. The zero-order valence-corrected chi connectivity index (χ0v) is 22.9. The fourth-order valence-electron chi connectivity index (χ4n) is 5.62. The Bertz CT molecular complexity index is 1430. The molecule has 0 radical (unpaired) electrons. The van der Waals surface area contributed by atoms with Crippen molar-refractivity contribution in [2.45, 2.75) is 56.9 Å². The monoisotopic (exact) mass is 543 g/mol. The Hall–Kier alpha value is -3.60. The van der Waals surface area contributed by atoms with Gasteiger partial charge in [0, 0.05) is 43.8 Å². The molecule has 2 saturated heterocycles. The molecule has 2 fully saturated rings. The van der Waals surface area contributed by atoms with Gasteiger partial charge in [-0.15, -0.1) is 0 Å². The second-order valence-electron chi connectivity index (χ2n) is 10.9. The number of H-pyrrole nitrogens is 1. The Labute approximate surface area is 233 Å². The smallest absolute Gasteiger partial charge is 0.259 e. The zero-order valence-electron chi connectivity index (χ0n) is 22.9. The van der Waals surface area contributed by atoms with Crippen LogP contribution in [0.4, 0.5) is 11.5 Å². The molecule has 6 rings (SSSR count). The van der Waals surface area contributed by atoms with Gasteiger partial charge in [0.2, 0.25) is 0 Å². The minimum absolute atomic E-state index is 0.215. The van der Waals surface area contributed by atoms with Crippen LogP contribution in [0.1, 0.15) is 59.5 Å². The van der Waals surface area contributed by atoms with Crippen LogP contribution in [-0.4, -0.2) is 71.6 Å². The maximum absolute atomic E-state index is 13.7. The highest BCUT2D eigenvalue weighted by molar-refractivity contribution is 6.07. The average molecular weight is 544 g/mol. The minimum Gasteiger partial charge on any atom is -0.381 e. The van der Waals surface area contributed by atoms with Crippen molar-refractivity contribution in [3.8, 4) is 0 Å². The zero-order chi connectivity index (χ0) is 27.3. The third-order valence-corrected chi connectivity index (χ3v) is 8.02. The Morgan fingerprint density at radius 1 is 1.18 bits per heavy atom. The number of carbonyl (C=O) groups is 1. The molecule has 3 aromatic rings. The van der Waals surface area contributed by atoms with Crippen LogP contribution in [-0.2, 0) is 16.1 Å². The van der Waals surface area contributed by atoms with Gasteiger partial charge in [-0.05, 0) is 81.1 Å². The lowest BCUT2D eigenvalue weighted by Gasteiger charge is -2.30. The van der Waals surface area contributed by atoms with Crippen molar-refractivity contribution >= 4 is 23.5 Å². The number of rotatable bonds is 8. The van der Waals surface area contributed by atoms with Crippen LogP contribution in [0, 0.1) is 0 Å². The number of likely N-dealkylation sites (tertiary alicyclic amines) is 1. The SMILES string of the molecule is CN1CCC(c2ccc(C(=O)Nc3n[nH]c4c3=NC(OCc3cccnc3)CC=4)c(NC3CCOCC3)c2)CC1. The quantitative estimate of drug-likeness (QED) is 0.400. The van der Waals surface area contributed by atoms with Gasteiger partial charge in [-0.1, -0.05) is 18.2 Å². The van der Waals surface area contributed by atoms with Crippen LogP contribution in [0.25, 0.3) is 6.08 Å². The molecule has 3 aliphatic rings. The predicted octanol–water partition coefficient (Wildman–Crippen LogP) is 2.80. The van der Waals surface area contributed by atoms with Crippen molar-refractivity contribution < 1.29 is 14.3 Å². The summed E-state index contributed by atoms with van der Waals surface area (Å²) >= 11 is 0. The molecule has 0 bridgehead atoms. The van der Waals surface area contributed by atoms with Gasteiger partial charge in [0.25, 0.3) is 5.91 Å². The first-order valence-corrected chi connectivity index (χ1v) is 14.2. The van der Waals surface area contributed by atoms with E-state index in [-0.39, 0.29) is 18.2 Å². The number of benzene rings is 1. The number of nitrogens with zero attached hydrogens (tertiary/aromatic N) is 4. The van der Waals surface area contributed by atoms with Gasteiger partial charge < -0.3 is 25.0 Å². The predicted molar refractivity (Wildman–Crippen MR) is 153 cm³/mol. The first-order chi connectivity index (χ1) is 19.6. The molecule has 1 unspecified atom stereocenters. The summed E-state index contributed by atoms with van der Waals surface area (Å²) in [6, 6.07) is 10.4. The molecular formula is C30H37N7O3. The van der Waals surface area contributed by atoms with E-state index < -0.39 is 0 Å². The van der Waals surface area contributed by atoms with E-state index in [1.165, 1.54) is 5.56 Å². The first-order valence-electron chi connectivity index (χ1n) is 14.2. The van der Waals surface area contributed by atoms with Crippen molar-refractivity contribution in [2.75, 3.05) is 44.0 Å². The van der Waals surface area contributed by atoms with E-state index in [9.17, 15) is 4.79 Å². The fraction of sp³-hybridized carbons (Fsp3) is 0.467. The van der Waals surface area contributed by atoms with E-state index >= 15 is 0 Å². The number of amides is 1. The lowest BCUT2D eigenvalue weighted by Crippen LogP contribution is -2.33. The largest absolute Gasteiger partial charge is 0.381 e. The highest BCUT2D eigenvalue weighted by atomic mass is 16.5. The molecular weight excluding hydrogens is 506 g/mol. The van der Waals surface area contributed by atoms with Gasteiger partial charge in [0.15, 0.2) is 12.0 Å². The van der Waals surface area contributed by atoms with Crippen molar-refractivity contribution in [3.05, 3.63) is 70.1 Å². The molecule has 5 heterocycles. The molecule has 3 aliphatic heterocycles. The number of hydrogen-bond acceptors (Lipinski definition) is 8. The summed E-state index contributed by atoms with van der Waals surface area (Å²) in [6.45, 7) is 4.06. The molecule has 1 amide bonds. The summed E-state index contributed by atoms with van der Waals surface area (Å²) in [6.07, 6.45) is 9.88. The molecule has 210 valence electrons. The standard InChI is InChI=1S/C30H37N7O3/c1-37-13-8-21(9-14-37)22-4-5-24(26(17-22)32-23-10-15-39-16-11-23)30(38)34-29-28-25(35-36-29)6-7-27(33-28)40-19-20-3-2-12-31-18-20/h2-6,12,17-18,21,23,27,32,35H,7-11,13-16,19H2,1H3,(H,34,36,38). The molecule has 1 atom stereocenters. The van der Waals surface area contributed by atoms with Crippen LogP contribution in [0.2, 0.25) is 0 Å². The summed E-state index contributed by atoms with van der Waals surface area (Å²) in [5.41, 5.74) is 3.74. The number of hydrogen-bond donors (Lipinski definition) is 3. The molecule has 3 N–H and O–H groups in total. The van der Waals surface area contributed by atoms with Gasteiger partial charge in [0.1, 0.15) is 5.36 Å². The number of piperidine rings is 1. The molecule has 10 nitrogen and oxygen atoms in total. The van der Waals surface area contributed by atoms with E-state index in [2.05, 4.69) is 49.9 Å².